The maximum Gasteiger partial charge on any atom is 0.312 e. The molecule has 2 atom stereocenters. The molecule has 0 aliphatic carbocycles. The molecule has 0 aliphatic rings. The normalized spacial score (nSPS) is 13.2. The minimum Gasteiger partial charge on any atom is -0.352 e. The van der Waals surface area contributed by atoms with Crippen LogP contribution in [-0.2, 0) is 4.79 Å². The van der Waals surface area contributed by atoms with Crippen molar-refractivity contribution >= 4 is 23.7 Å². The van der Waals surface area contributed by atoms with E-state index in [1.165, 1.54) is 0 Å². The molecule has 6 nitrogen and oxygen atoms in total. The fourth-order valence-electron chi connectivity index (χ4n) is 1.83. The van der Waals surface area contributed by atoms with E-state index >= 15 is 0 Å². The Bertz CT molecular complexity index is 456. The highest BCUT2D eigenvalue weighted by Crippen LogP contribution is 2.08. The first-order valence-corrected chi connectivity index (χ1v) is 8.07. The number of carbonyl (C=O) groups excluding carboxylic acids is 2. The predicted molar refractivity (Wildman–Crippen MR) is 85.9 cm³/mol. The maximum absolute atomic E-state index is 12.1. The Kier molecular flexibility index (Phi) is 7.63. The van der Waals surface area contributed by atoms with Crippen LogP contribution in [0.5, 0.6) is 0 Å². The van der Waals surface area contributed by atoms with Crippen LogP contribution in [0.25, 0.3) is 0 Å². The SMILES string of the molecule is CSCCC(NC(N)=O)C(=O)NCC(N)c1ccccc1. The molecule has 21 heavy (non-hydrogen) atoms. The van der Waals surface area contributed by atoms with Crippen molar-refractivity contribution in [3.8, 4) is 0 Å². The van der Waals surface area contributed by atoms with Crippen LogP contribution in [0.3, 0.4) is 0 Å². The third kappa shape index (κ3) is 6.50. The summed E-state index contributed by atoms with van der Waals surface area (Å²) in [5.41, 5.74) is 12.0. The van der Waals surface area contributed by atoms with Crippen molar-refractivity contribution < 1.29 is 9.59 Å². The lowest BCUT2D eigenvalue weighted by Gasteiger charge is -2.19. The van der Waals surface area contributed by atoms with Gasteiger partial charge in [0.05, 0.1) is 0 Å². The maximum atomic E-state index is 12.1. The number of nitrogens with two attached hydrogens (primary N) is 2. The van der Waals surface area contributed by atoms with Crippen LogP contribution in [0, 0.1) is 0 Å². The van der Waals surface area contributed by atoms with Gasteiger partial charge in [-0.1, -0.05) is 30.3 Å². The Morgan fingerprint density at radius 2 is 1.95 bits per heavy atom. The standard InChI is InChI=1S/C14H22N4O2S/c1-21-8-7-12(18-14(16)20)13(19)17-9-11(15)10-5-3-2-4-6-10/h2-6,11-12H,7-9,15H2,1H3,(H,17,19)(H3,16,18,20). The number of benzene rings is 1. The molecule has 0 bridgehead atoms. The molecule has 1 aromatic rings. The number of urea groups is 1. The predicted octanol–water partition coefficient (Wildman–Crippen LogP) is 0.593. The van der Waals surface area contributed by atoms with E-state index < -0.39 is 12.1 Å². The van der Waals surface area contributed by atoms with Crippen molar-refractivity contribution in [2.75, 3.05) is 18.6 Å². The highest BCUT2D eigenvalue weighted by Gasteiger charge is 2.19. The molecule has 0 spiro atoms. The zero-order valence-electron chi connectivity index (χ0n) is 12.0. The number of hydrogen-bond acceptors (Lipinski definition) is 4. The monoisotopic (exact) mass is 310 g/mol. The van der Waals surface area contributed by atoms with Crippen LogP contribution in [0.4, 0.5) is 4.79 Å². The molecule has 1 aromatic carbocycles. The van der Waals surface area contributed by atoms with Gasteiger partial charge in [0.25, 0.3) is 0 Å². The molecule has 0 heterocycles. The highest BCUT2D eigenvalue weighted by atomic mass is 32.2. The average molecular weight is 310 g/mol. The smallest absolute Gasteiger partial charge is 0.312 e. The van der Waals surface area contributed by atoms with Gasteiger partial charge in [-0.2, -0.15) is 11.8 Å². The first-order chi connectivity index (χ1) is 10.0. The van der Waals surface area contributed by atoms with E-state index in [-0.39, 0.29) is 11.9 Å². The molecule has 0 radical (unpaired) electrons. The first-order valence-electron chi connectivity index (χ1n) is 6.67. The van der Waals surface area contributed by atoms with Gasteiger partial charge in [-0.05, 0) is 24.0 Å². The zero-order chi connectivity index (χ0) is 15.7. The quantitative estimate of drug-likeness (QED) is 0.563. The van der Waals surface area contributed by atoms with Crippen molar-refractivity contribution in [2.45, 2.75) is 18.5 Å². The van der Waals surface area contributed by atoms with E-state index in [1.54, 1.807) is 11.8 Å². The van der Waals surface area contributed by atoms with Crippen molar-refractivity contribution in [1.29, 1.82) is 0 Å². The lowest BCUT2D eigenvalue weighted by molar-refractivity contribution is -0.123. The fourth-order valence-corrected chi connectivity index (χ4v) is 2.30. The number of rotatable bonds is 8. The second kappa shape index (κ2) is 9.25. The van der Waals surface area contributed by atoms with Gasteiger partial charge in [0.2, 0.25) is 5.91 Å². The molecular formula is C14H22N4O2S. The number of hydrogen-bond donors (Lipinski definition) is 4. The second-order valence-electron chi connectivity index (χ2n) is 4.60. The van der Waals surface area contributed by atoms with Crippen LogP contribution < -0.4 is 22.1 Å². The van der Waals surface area contributed by atoms with Gasteiger partial charge in [0.15, 0.2) is 0 Å². The Morgan fingerprint density at radius 3 is 2.52 bits per heavy atom. The number of nitrogens with one attached hydrogen (secondary N) is 2. The van der Waals surface area contributed by atoms with E-state index in [1.807, 2.05) is 36.6 Å². The Labute approximate surface area is 129 Å². The minimum atomic E-state index is -0.705. The lowest BCUT2D eigenvalue weighted by atomic mass is 10.1. The van der Waals surface area contributed by atoms with Crippen molar-refractivity contribution in [2.24, 2.45) is 11.5 Å². The average Bonchev–Trinajstić information content (AvgIpc) is 2.49. The summed E-state index contributed by atoms with van der Waals surface area (Å²) in [7, 11) is 0. The van der Waals surface area contributed by atoms with Gasteiger partial charge in [0.1, 0.15) is 6.04 Å². The number of primary amides is 1. The first kappa shape index (κ1) is 17.3. The summed E-state index contributed by atoms with van der Waals surface area (Å²) in [6, 6.07) is 7.89. The van der Waals surface area contributed by atoms with Crippen LogP contribution in [0.15, 0.2) is 30.3 Å². The zero-order valence-corrected chi connectivity index (χ0v) is 12.9. The number of thioether (sulfide) groups is 1. The fraction of sp³-hybridized carbons (Fsp3) is 0.429. The second-order valence-corrected chi connectivity index (χ2v) is 5.59. The van der Waals surface area contributed by atoms with Crippen LogP contribution in [0.1, 0.15) is 18.0 Å². The summed E-state index contributed by atoms with van der Waals surface area (Å²) in [5, 5.41) is 5.20. The molecule has 6 N–H and O–H groups in total. The minimum absolute atomic E-state index is 0.269. The summed E-state index contributed by atoms with van der Waals surface area (Å²) in [5.74, 6) is 0.484. The van der Waals surface area contributed by atoms with Crippen molar-refractivity contribution in [3.05, 3.63) is 35.9 Å². The van der Waals surface area contributed by atoms with Crippen molar-refractivity contribution in [3.63, 3.8) is 0 Å². The van der Waals surface area contributed by atoms with E-state index in [0.717, 1.165) is 11.3 Å². The highest BCUT2D eigenvalue weighted by molar-refractivity contribution is 7.98. The molecule has 116 valence electrons. The third-order valence-corrected chi connectivity index (χ3v) is 3.61. The lowest BCUT2D eigenvalue weighted by Crippen LogP contribution is -2.49. The van der Waals surface area contributed by atoms with Gasteiger partial charge in [-0.25, -0.2) is 4.79 Å². The largest absolute Gasteiger partial charge is 0.352 e. The molecule has 2 unspecified atom stereocenters. The number of carbonyl (C=O) groups is 2. The van der Waals surface area contributed by atoms with Crippen LogP contribution >= 0.6 is 11.8 Å². The molecule has 3 amide bonds. The molecule has 0 aromatic heterocycles. The Hall–Kier alpha value is -1.73. The van der Waals surface area contributed by atoms with Crippen LogP contribution in [-0.4, -0.2) is 36.5 Å². The molecule has 0 saturated heterocycles. The topological polar surface area (TPSA) is 110 Å². The van der Waals surface area contributed by atoms with Gasteiger partial charge < -0.3 is 22.1 Å². The molecule has 0 aliphatic heterocycles. The van der Waals surface area contributed by atoms with Crippen molar-refractivity contribution in [1.82, 2.24) is 10.6 Å². The molecule has 0 fully saturated rings. The summed E-state index contributed by atoms with van der Waals surface area (Å²) >= 11 is 1.60. The molecule has 1 rings (SSSR count). The van der Waals surface area contributed by atoms with Gasteiger partial charge in [0, 0.05) is 12.6 Å². The molecular weight excluding hydrogens is 288 g/mol. The summed E-state index contributed by atoms with van der Waals surface area (Å²) < 4.78 is 0. The molecule has 7 heteroatoms. The van der Waals surface area contributed by atoms with E-state index in [0.29, 0.717) is 13.0 Å². The van der Waals surface area contributed by atoms with E-state index in [9.17, 15) is 9.59 Å². The van der Waals surface area contributed by atoms with Gasteiger partial charge in [-0.15, -0.1) is 0 Å². The molecule has 0 saturated carbocycles. The summed E-state index contributed by atoms with van der Waals surface area (Å²) in [4.78, 5) is 23.0. The van der Waals surface area contributed by atoms with Gasteiger partial charge >= 0.3 is 6.03 Å². The van der Waals surface area contributed by atoms with Crippen LogP contribution in [0.2, 0.25) is 0 Å². The van der Waals surface area contributed by atoms with E-state index in [4.69, 9.17) is 11.5 Å². The van der Waals surface area contributed by atoms with E-state index in [2.05, 4.69) is 10.6 Å². The third-order valence-electron chi connectivity index (χ3n) is 2.97. The van der Waals surface area contributed by atoms with Gasteiger partial charge in [-0.3, -0.25) is 4.79 Å². The summed E-state index contributed by atoms with van der Waals surface area (Å²) in [6.07, 6.45) is 2.46. The summed E-state index contributed by atoms with van der Waals surface area (Å²) in [6.45, 7) is 0.305. The Morgan fingerprint density at radius 1 is 1.29 bits per heavy atom. The number of amides is 3. The Balaban J connectivity index is 2.50.